The Morgan fingerprint density at radius 3 is 1.82 bits per heavy atom. The van der Waals surface area contributed by atoms with E-state index < -0.39 is 24.3 Å². The molecule has 1 aliphatic rings. The molecule has 0 atom stereocenters. The molecule has 9 nitrogen and oxygen atoms in total. The molecule has 0 bridgehead atoms. The van der Waals surface area contributed by atoms with Gasteiger partial charge in [0.25, 0.3) is 0 Å². The molecule has 2 rings (SSSR count). The molecule has 0 spiro atoms. The summed E-state index contributed by atoms with van der Waals surface area (Å²) in [6.07, 6.45) is -6.45. The van der Waals surface area contributed by atoms with Gasteiger partial charge in [-0.15, -0.1) is 0 Å². The molecular weight excluding hydrogens is 536 g/mol. The van der Waals surface area contributed by atoms with Gasteiger partial charge in [0.05, 0.1) is 5.56 Å². The van der Waals surface area contributed by atoms with Gasteiger partial charge in [-0.05, 0) is 25.0 Å². The van der Waals surface area contributed by atoms with Crippen molar-refractivity contribution in [1.29, 1.82) is 5.41 Å². The van der Waals surface area contributed by atoms with Gasteiger partial charge in [0.1, 0.15) is 18.1 Å². The van der Waals surface area contributed by atoms with Crippen molar-refractivity contribution in [3.8, 4) is 0 Å². The van der Waals surface area contributed by atoms with Gasteiger partial charge >= 0.3 is 30.3 Å². The van der Waals surface area contributed by atoms with E-state index in [2.05, 4.69) is 20.9 Å². The van der Waals surface area contributed by atoms with Crippen LogP contribution in [-0.2, 0) is 14.3 Å². The second kappa shape index (κ2) is 13.6. The first-order valence-corrected chi connectivity index (χ1v) is 9.86. The van der Waals surface area contributed by atoms with Gasteiger partial charge in [-0.2, -0.15) is 26.3 Å². The fourth-order valence-corrected chi connectivity index (χ4v) is 2.13. The summed E-state index contributed by atoms with van der Waals surface area (Å²) in [5.74, 6) is -5.47. The monoisotopic (exact) mass is 553 g/mol. The maximum absolute atomic E-state index is 11.6. The fraction of sp³-hybridized carbons (Fsp3) is 0.471. The summed E-state index contributed by atoms with van der Waals surface area (Å²) in [5, 5.41) is 22.9. The molecule has 0 aliphatic carbocycles. The first kappa shape index (κ1) is 30.1. The number of esters is 1. The number of pyridine rings is 1. The highest BCUT2D eigenvalue weighted by molar-refractivity contribution is 9.09. The Bertz CT molecular complexity index is 787. The van der Waals surface area contributed by atoms with Crippen molar-refractivity contribution in [1.82, 2.24) is 9.88 Å². The Morgan fingerprint density at radius 1 is 1.03 bits per heavy atom. The van der Waals surface area contributed by atoms with E-state index in [0.717, 1.165) is 25.9 Å². The van der Waals surface area contributed by atoms with Gasteiger partial charge in [0.2, 0.25) is 0 Å². The summed E-state index contributed by atoms with van der Waals surface area (Å²) < 4.78 is 68.5. The zero-order chi connectivity index (χ0) is 25.8. The molecule has 1 aromatic rings. The SMILES string of the molecule is N=C(c1ccc(C(=O)OCCBr)cn1)N1CCCC1.O=C(O)C(F)(F)F.O=C(O)C(F)(F)F. The lowest BCUT2D eigenvalue weighted by molar-refractivity contribution is -0.193. The first-order chi connectivity index (χ1) is 15.1. The van der Waals surface area contributed by atoms with Crippen LogP contribution >= 0.6 is 15.9 Å². The highest BCUT2D eigenvalue weighted by Crippen LogP contribution is 2.14. The lowest BCUT2D eigenvalue weighted by atomic mass is 10.2. The lowest BCUT2D eigenvalue weighted by Crippen LogP contribution is -2.28. The third-order valence-electron chi connectivity index (χ3n) is 3.46. The molecule has 0 amide bonds. The summed E-state index contributed by atoms with van der Waals surface area (Å²) in [7, 11) is 0. The molecule has 0 aromatic carbocycles. The zero-order valence-electron chi connectivity index (χ0n) is 16.5. The third kappa shape index (κ3) is 12.1. The van der Waals surface area contributed by atoms with E-state index in [-0.39, 0.29) is 5.97 Å². The van der Waals surface area contributed by atoms with E-state index in [1.54, 1.807) is 12.1 Å². The molecule has 0 radical (unpaired) electrons. The topological polar surface area (TPSA) is 141 Å². The lowest BCUT2D eigenvalue weighted by Gasteiger charge is -2.17. The minimum atomic E-state index is -5.08. The van der Waals surface area contributed by atoms with E-state index in [0.29, 0.717) is 29.0 Å². The number of nitrogens with one attached hydrogen (secondary N) is 1. The molecule has 1 aromatic heterocycles. The van der Waals surface area contributed by atoms with Crippen molar-refractivity contribution in [3.63, 3.8) is 0 Å². The number of carbonyl (C=O) groups excluding carboxylic acids is 1. The van der Waals surface area contributed by atoms with Crippen LogP contribution in [0.1, 0.15) is 28.9 Å². The Labute approximate surface area is 191 Å². The maximum atomic E-state index is 11.6. The number of nitrogens with zero attached hydrogens (tertiary/aromatic N) is 2. The van der Waals surface area contributed by atoms with Gasteiger partial charge in [0, 0.05) is 24.6 Å². The number of rotatable bonds is 4. The smallest absolute Gasteiger partial charge is 0.475 e. The minimum Gasteiger partial charge on any atom is -0.475 e. The number of aromatic nitrogens is 1. The number of amidine groups is 1. The number of carbonyl (C=O) groups is 3. The van der Waals surface area contributed by atoms with Crippen molar-refractivity contribution in [3.05, 3.63) is 29.6 Å². The number of carboxylic acid groups (broad SMARTS) is 2. The number of hydrogen-bond acceptors (Lipinski definition) is 6. The Balaban J connectivity index is 0.000000605. The highest BCUT2D eigenvalue weighted by atomic mass is 79.9. The van der Waals surface area contributed by atoms with Crippen LogP contribution in [0, 0.1) is 5.41 Å². The van der Waals surface area contributed by atoms with Crippen molar-refractivity contribution < 1.29 is 55.7 Å². The number of hydrogen-bond donors (Lipinski definition) is 3. The van der Waals surface area contributed by atoms with E-state index >= 15 is 0 Å². The van der Waals surface area contributed by atoms with Gasteiger partial charge in [-0.1, -0.05) is 15.9 Å². The minimum absolute atomic E-state index is 0.337. The number of aliphatic carboxylic acids is 2. The molecule has 16 heteroatoms. The first-order valence-electron chi connectivity index (χ1n) is 8.74. The predicted molar refractivity (Wildman–Crippen MR) is 103 cm³/mol. The molecule has 33 heavy (non-hydrogen) atoms. The van der Waals surface area contributed by atoms with E-state index in [1.165, 1.54) is 6.20 Å². The second-order valence-corrected chi connectivity index (χ2v) is 6.70. The maximum Gasteiger partial charge on any atom is 0.490 e. The normalized spacial score (nSPS) is 13.1. The number of halogens is 7. The largest absolute Gasteiger partial charge is 0.490 e. The molecule has 186 valence electrons. The van der Waals surface area contributed by atoms with Crippen LogP contribution in [0.3, 0.4) is 0 Å². The van der Waals surface area contributed by atoms with Crippen LogP contribution < -0.4 is 0 Å². The van der Waals surface area contributed by atoms with Crippen LogP contribution in [0.15, 0.2) is 18.3 Å². The van der Waals surface area contributed by atoms with Crippen molar-refractivity contribution in [2.45, 2.75) is 25.2 Å². The van der Waals surface area contributed by atoms with Gasteiger partial charge in [-0.3, -0.25) is 10.4 Å². The van der Waals surface area contributed by atoms with Crippen LogP contribution in [0.5, 0.6) is 0 Å². The Hall–Kier alpha value is -2.91. The molecule has 1 saturated heterocycles. The molecule has 1 aliphatic heterocycles. The summed E-state index contributed by atoms with van der Waals surface area (Å²) in [4.78, 5) is 35.6. The van der Waals surface area contributed by atoms with Crippen molar-refractivity contribution in [2.75, 3.05) is 25.0 Å². The summed E-state index contributed by atoms with van der Waals surface area (Å²) in [6.45, 7) is 2.16. The van der Waals surface area contributed by atoms with Crippen molar-refractivity contribution in [2.24, 2.45) is 0 Å². The van der Waals surface area contributed by atoms with Gasteiger partial charge in [-0.25, -0.2) is 14.4 Å². The highest BCUT2D eigenvalue weighted by Gasteiger charge is 2.38. The summed E-state index contributed by atoms with van der Waals surface area (Å²) in [6, 6.07) is 3.36. The van der Waals surface area contributed by atoms with Crippen LogP contribution in [0.25, 0.3) is 0 Å². The Kier molecular flexibility index (Phi) is 12.4. The molecule has 0 unspecified atom stereocenters. The molecule has 0 saturated carbocycles. The van der Waals surface area contributed by atoms with E-state index in [4.69, 9.17) is 29.9 Å². The van der Waals surface area contributed by atoms with Crippen molar-refractivity contribution >= 4 is 39.7 Å². The average Bonchev–Trinajstić information content (AvgIpc) is 3.26. The number of likely N-dealkylation sites (tertiary alicyclic amines) is 1. The quantitative estimate of drug-likeness (QED) is 0.169. The summed E-state index contributed by atoms with van der Waals surface area (Å²) in [5.41, 5.74) is 1.01. The third-order valence-corrected chi connectivity index (χ3v) is 3.78. The number of carboxylic acids is 2. The van der Waals surface area contributed by atoms with E-state index in [9.17, 15) is 31.1 Å². The standard InChI is InChI=1S/C13H16BrN3O2.2C2HF3O2/c14-5-8-19-13(18)10-3-4-11(16-9-10)12(15)17-6-1-2-7-17;2*3-2(4,5)1(6)7/h3-4,9,15H,1-2,5-8H2;2*(H,6,7). The number of alkyl halides is 7. The number of ether oxygens (including phenoxy) is 1. The van der Waals surface area contributed by atoms with E-state index in [1.807, 2.05) is 4.90 Å². The fourth-order valence-electron chi connectivity index (χ4n) is 1.97. The Morgan fingerprint density at radius 2 is 1.48 bits per heavy atom. The van der Waals surface area contributed by atoms with Gasteiger partial charge in [0.15, 0.2) is 0 Å². The van der Waals surface area contributed by atoms with Gasteiger partial charge < -0.3 is 19.8 Å². The predicted octanol–water partition coefficient (Wildman–Crippen LogP) is 3.32. The molecular formula is C17H18BrF6N3O6. The second-order valence-electron chi connectivity index (χ2n) is 5.91. The van der Waals surface area contributed by atoms with Crippen LogP contribution in [0.4, 0.5) is 26.3 Å². The summed E-state index contributed by atoms with van der Waals surface area (Å²) >= 11 is 3.19. The zero-order valence-corrected chi connectivity index (χ0v) is 18.1. The molecule has 1 fully saturated rings. The molecule has 2 heterocycles. The van der Waals surface area contributed by atoms with Crippen LogP contribution in [-0.4, -0.2) is 81.2 Å². The molecule has 3 N–H and O–H groups in total. The van der Waals surface area contributed by atoms with Crippen LogP contribution in [0.2, 0.25) is 0 Å². The average molecular weight is 554 g/mol.